The second-order valence-electron chi connectivity index (χ2n) is 8.24. The fraction of sp³-hybridized carbons (Fsp3) is 0.920. The van der Waals surface area contributed by atoms with Gasteiger partial charge in [0.1, 0.15) is 6.10 Å². The van der Waals surface area contributed by atoms with Crippen LogP contribution in [0, 0.1) is 6.92 Å². The second kappa shape index (κ2) is 21.8. The maximum Gasteiger partial charge on any atom is 0.306 e. The summed E-state index contributed by atoms with van der Waals surface area (Å²) in [6.07, 6.45) is 24.0. The van der Waals surface area contributed by atoms with E-state index in [0.717, 1.165) is 32.1 Å². The van der Waals surface area contributed by atoms with Gasteiger partial charge in [-0.05, 0) is 32.1 Å². The van der Waals surface area contributed by atoms with Crippen molar-refractivity contribution in [3.63, 3.8) is 0 Å². The Bertz CT molecular complexity index is 285. The first-order chi connectivity index (χ1) is 13.2. The average Bonchev–Trinajstić information content (AvgIpc) is 2.66. The van der Waals surface area contributed by atoms with Crippen LogP contribution < -0.4 is 0 Å². The third kappa shape index (κ3) is 20.0. The predicted octanol–water partition coefficient (Wildman–Crippen LogP) is 8.57. The second-order valence-corrected chi connectivity index (χ2v) is 8.24. The molecule has 1 radical (unpaired) electrons. The summed E-state index contributed by atoms with van der Waals surface area (Å²) < 4.78 is 5.86. The molecule has 0 aliphatic heterocycles. The quantitative estimate of drug-likeness (QED) is 0.147. The molecule has 0 atom stereocenters. The average molecular weight is 382 g/mol. The van der Waals surface area contributed by atoms with Crippen molar-refractivity contribution in [3.05, 3.63) is 6.92 Å². The molecule has 0 spiro atoms. The van der Waals surface area contributed by atoms with Crippen LogP contribution in [0.25, 0.3) is 0 Å². The zero-order chi connectivity index (χ0) is 20.0. The van der Waals surface area contributed by atoms with Crippen LogP contribution in [0.2, 0.25) is 0 Å². The number of carbonyl (C=O) groups is 1. The highest BCUT2D eigenvalue weighted by Gasteiger charge is 2.14. The van der Waals surface area contributed by atoms with Gasteiger partial charge in [0.25, 0.3) is 0 Å². The summed E-state index contributed by atoms with van der Waals surface area (Å²) in [7, 11) is 0. The van der Waals surface area contributed by atoms with Crippen LogP contribution in [-0.2, 0) is 9.53 Å². The zero-order valence-electron chi connectivity index (χ0n) is 18.7. The van der Waals surface area contributed by atoms with E-state index < -0.39 is 0 Å². The minimum Gasteiger partial charge on any atom is -0.462 e. The molecule has 0 heterocycles. The van der Waals surface area contributed by atoms with Gasteiger partial charge in [0.05, 0.1) is 0 Å². The molecule has 161 valence electrons. The first-order valence-electron chi connectivity index (χ1n) is 12.2. The van der Waals surface area contributed by atoms with E-state index >= 15 is 0 Å². The molecule has 0 N–H and O–H groups in total. The molecule has 0 aliphatic carbocycles. The fourth-order valence-corrected chi connectivity index (χ4v) is 3.61. The van der Waals surface area contributed by atoms with E-state index in [9.17, 15) is 4.79 Å². The van der Waals surface area contributed by atoms with Crippen molar-refractivity contribution >= 4 is 5.97 Å². The Hall–Kier alpha value is -0.530. The summed E-state index contributed by atoms with van der Waals surface area (Å²) >= 11 is 0. The lowest BCUT2D eigenvalue weighted by Crippen LogP contribution is -2.18. The molecule has 0 aromatic rings. The molecule has 0 fully saturated rings. The smallest absolute Gasteiger partial charge is 0.306 e. The molecule has 0 aromatic carbocycles. The Balaban J connectivity index is 4.00. The molecular formula is C25H49O2. The van der Waals surface area contributed by atoms with Gasteiger partial charge >= 0.3 is 5.97 Å². The number of hydrogen-bond acceptors (Lipinski definition) is 2. The zero-order valence-corrected chi connectivity index (χ0v) is 18.7. The SMILES string of the molecule is [CH2]CCCCCCC(=O)OC(CCCCCCCC)CCCCCCCC. The van der Waals surface area contributed by atoms with E-state index in [1.807, 2.05) is 0 Å². The summed E-state index contributed by atoms with van der Waals surface area (Å²) in [5.74, 6) is 0.0339. The highest BCUT2D eigenvalue weighted by atomic mass is 16.5. The molecule has 0 aliphatic rings. The van der Waals surface area contributed by atoms with Gasteiger partial charge in [-0.3, -0.25) is 4.79 Å². The number of unbranched alkanes of at least 4 members (excludes halogenated alkanes) is 14. The Morgan fingerprint density at radius 1 is 0.667 bits per heavy atom. The van der Waals surface area contributed by atoms with Gasteiger partial charge in [-0.15, -0.1) is 0 Å². The minimum absolute atomic E-state index is 0.0339. The van der Waals surface area contributed by atoms with Crippen molar-refractivity contribution in [1.82, 2.24) is 0 Å². The number of hydrogen-bond donors (Lipinski definition) is 0. The van der Waals surface area contributed by atoms with Crippen molar-refractivity contribution in [3.8, 4) is 0 Å². The van der Waals surface area contributed by atoms with Crippen LogP contribution in [0.15, 0.2) is 0 Å². The molecule has 0 amide bonds. The molecule has 0 rings (SSSR count). The third-order valence-corrected chi connectivity index (χ3v) is 5.44. The first-order valence-corrected chi connectivity index (χ1v) is 12.2. The van der Waals surface area contributed by atoms with Gasteiger partial charge in [0, 0.05) is 6.42 Å². The van der Waals surface area contributed by atoms with E-state index in [4.69, 9.17) is 4.74 Å². The van der Waals surface area contributed by atoms with Crippen LogP contribution >= 0.6 is 0 Å². The number of rotatable bonds is 21. The summed E-state index contributed by atoms with van der Waals surface area (Å²) in [5.41, 5.74) is 0. The van der Waals surface area contributed by atoms with Crippen LogP contribution in [-0.4, -0.2) is 12.1 Å². The molecule has 2 heteroatoms. The molecule has 0 unspecified atom stereocenters. The van der Waals surface area contributed by atoms with Crippen LogP contribution in [0.3, 0.4) is 0 Å². The lowest BCUT2D eigenvalue weighted by molar-refractivity contribution is -0.150. The number of ether oxygens (including phenoxy) is 1. The van der Waals surface area contributed by atoms with E-state index in [1.165, 1.54) is 89.9 Å². The van der Waals surface area contributed by atoms with Crippen LogP contribution in [0.4, 0.5) is 0 Å². The first kappa shape index (κ1) is 26.5. The van der Waals surface area contributed by atoms with E-state index in [2.05, 4.69) is 20.8 Å². The van der Waals surface area contributed by atoms with Gasteiger partial charge in [0.2, 0.25) is 0 Å². The van der Waals surface area contributed by atoms with Crippen LogP contribution in [0.5, 0.6) is 0 Å². The minimum atomic E-state index is 0.0339. The fourth-order valence-electron chi connectivity index (χ4n) is 3.61. The molecule has 27 heavy (non-hydrogen) atoms. The summed E-state index contributed by atoms with van der Waals surface area (Å²) in [6, 6.07) is 0. The van der Waals surface area contributed by atoms with Crippen molar-refractivity contribution in [2.75, 3.05) is 0 Å². The van der Waals surface area contributed by atoms with E-state index in [1.54, 1.807) is 0 Å². The van der Waals surface area contributed by atoms with Gasteiger partial charge in [-0.25, -0.2) is 0 Å². The number of esters is 1. The van der Waals surface area contributed by atoms with Crippen molar-refractivity contribution in [1.29, 1.82) is 0 Å². The van der Waals surface area contributed by atoms with Gasteiger partial charge in [0.15, 0.2) is 0 Å². The molecular weight excluding hydrogens is 332 g/mol. The predicted molar refractivity (Wildman–Crippen MR) is 119 cm³/mol. The van der Waals surface area contributed by atoms with E-state index in [0.29, 0.717) is 6.42 Å². The molecule has 0 aromatic heterocycles. The normalized spacial score (nSPS) is 11.3. The molecule has 0 bridgehead atoms. The largest absolute Gasteiger partial charge is 0.462 e. The highest BCUT2D eigenvalue weighted by molar-refractivity contribution is 5.69. The highest BCUT2D eigenvalue weighted by Crippen LogP contribution is 2.18. The van der Waals surface area contributed by atoms with Gasteiger partial charge in [-0.1, -0.05) is 111 Å². The van der Waals surface area contributed by atoms with Gasteiger partial charge in [-0.2, -0.15) is 0 Å². The van der Waals surface area contributed by atoms with Crippen molar-refractivity contribution in [2.45, 2.75) is 148 Å². The summed E-state index contributed by atoms with van der Waals surface area (Å²) in [5, 5.41) is 0. The van der Waals surface area contributed by atoms with Crippen molar-refractivity contribution < 1.29 is 9.53 Å². The topological polar surface area (TPSA) is 26.3 Å². The maximum atomic E-state index is 12.2. The monoisotopic (exact) mass is 381 g/mol. The Labute approximate surface area is 171 Å². The van der Waals surface area contributed by atoms with Crippen molar-refractivity contribution in [2.24, 2.45) is 0 Å². The maximum absolute atomic E-state index is 12.2. The standard InChI is InChI=1S/C25H49O2/c1-4-7-10-13-16-18-21-24(22-19-17-14-11-8-5-2)27-25(26)23-20-15-12-9-6-3/h24H,3-23H2,1-2H3. The Morgan fingerprint density at radius 2 is 1.11 bits per heavy atom. The lowest BCUT2D eigenvalue weighted by Gasteiger charge is -2.18. The number of carbonyl (C=O) groups excluding carboxylic acids is 1. The van der Waals surface area contributed by atoms with E-state index in [-0.39, 0.29) is 12.1 Å². The summed E-state index contributed by atoms with van der Waals surface area (Å²) in [6.45, 7) is 8.39. The molecule has 0 saturated heterocycles. The Kier molecular flexibility index (Phi) is 21.3. The lowest BCUT2D eigenvalue weighted by atomic mass is 10.0. The van der Waals surface area contributed by atoms with Gasteiger partial charge < -0.3 is 4.74 Å². The molecule has 2 nitrogen and oxygen atoms in total. The summed E-state index contributed by atoms with van der Waals surface area (Å²) in [4.78, 5) is 12.2. The van der Waals surface area contributed by atoms with Crippen LogP contribution in [0.1, 0.15) is 142 Å². The Morgan fingerprint density at radius 3 is 1.63 bits per heavy atom. The third-order valence-electron chi connectivity index (χ3n) is 5.44. The molecule has 0 saturated carbocycles.